The first-order valence-electron chi connectivity index (χ1n) is 12.8. The van der Waals surface area contributed by atoms with Crippen molar-refractivity contribution in [1.29, 1.82) is 0 Å². The lowest BCUT2D eigenvalue weighted by molar-refractivity contribution is -0.122. The van der Waals surface area contributed by atoms with Crippen LogP contribution in [0.1, 0.15) is 16.4 Å². The van der Waals surface area contributed by atoms with Crippen LogP contribution < -0.4 is 25.0 Å². The smallest absolute Gasteiger partial charge is 0.305 e. The Hall–Kier alpha value is -3.28. The van der Waals surface area contributed by atoms with E-state index in [2.05, 4.69) is 42.2 Å². The number of aromatic nitrogens is 1. The molecule has 226 valence electrons. The Morgan fingerprint density at radius 2 is 1.66 bits per heavy atom. The number of amides is 3. The molecule has 3 heterocycles. The van der Waals surface area contributed by atoms with Crippen LogP contribution >= 0.6 is 55.0 Å². The first-order valence-corrected chi connectivity index (χ1v) is 17.6. The maximum Gasteiger partial charge on any atom is 0.305 e. The van der Waals surface area contributed by atoms with Crippen molar-refractivity contribution in [3.8, 4) is 5.75 Å². The van der Waals surface area contributed by atoms with Crippen molar-refractivity contribution in [1.82, 2.24) is 4.98 Å². The quantitative estimate of drug-likeness (QED) is 0.232. The topological polar surface area (TPSA) is 169 Å². The van der Waals surface area contributed by atoms with Crippen LogP contribution in [-0.4, -0.2) is 43.0 Å². The molecule has 44 heavy (non-hydrogen) atoms. The van der Waals surface area contributed by atoms with Gasteiger partial charge in [0.1, 0.15) is 11.0 Å². The number of thiazole rings is 1. The van der Waals surface area contributed by atoms with E-state index in [0.717, 1.165) is 27.6 Å². The van der Waals surface area contributed by atoms with E-state index >= 15 is 0 Å². The van der Waals surface area contributed by atoms with Gasteiger partial charge in [0.15, 0.2) is 6.61 Å². The third-order valence-electron chi connectivity index (χ3n) is 7.04. The molecule has 11 nitrogen and oxygen atoms in total. The Bertz CT molecular complexity index is 1980. The number of rotatable bonds is 7. The fourth-order valence-electron chi connectivity index (χ4n) is 5.16. The first kappa shape index (κ1) is 30.7. The van der Waals surface area contributed by atoms with E-state index < -0.39 is 45.5 Å². The molecule has 1 saturated heterocycles. The number of nitrogens with zero attached hydrogens (tertiary/aromatic N) is 1. The Balaban J connectivity index is 1.32. The summed E-state index contributed by atoms with van der Waals surface area (Å²) in [4.78, 5) is 57.2. The average molecular weight is 780 g/mol. The molecule has 0 aliphatic carbocycles. The summed E-state index contributed by atoms with van der Waals surface area (Å²) in [5.74, 6) is -2.60. The van der Waals surface area contributed by atoms with Crippen molar-refractivity contribution in [3.05, 3.63) is 95.8 Å². The van der Waals surface area contributed by atoms with Gasteiger partial charge < -0.3 is 15.0 Å². The minimum absolute atomic E-state index is 0.0970. The van der Waals surface area contributed by atoms with Gasteiger partial charge in [0.2, 0.25) is 21.8 Å². The number of primary sulfonamides is 1. The number of nitrogens with two attached hydrogens (primary N) is 1. The molecule has 0 saturated carbocycles. The lowest BCUT2D eigenvalue weighted by atomic mass is 9.82. The van der Waals surface area contributed by atoms with Crippen LogP contribution in [0.15, 0.2) is 90.4 Å². The van der Waals surface area contributed by atoms with Crippen LogP contribution in [0.5, 0.6) is 5.75 Å². The molecule has 3 atom stereocenters. The van der Waals surface area contributed by atoms with Crippen molar-refractivity contribution < 1.29 is 27.5 Å². The van der Waals surface area contributed by atoms with E-state index in [9.17, 15) is 27.6 Å². The summed E-state index contributed by atoms with van der Waals surface area (Å²) in [6.07, 6.45) is 0. The zero-order valence-electron chi connectivity index (χ0n) is 22.2. The Kier molecular flexibility index (Phi) is 8.32. The highest BCUT2D eigenvalue weighted by molar-refractivity contribution is 9.10. The van der Waals surface area contributed by atoms with Gasteiger partial charge in [0.25, 0.3) is 5.91 Å². The zero-order valence-corrected chi connectivity index (χ0v) is 27.8. The fraction of sp³-hybridized carbons (Fsp3) is 0.143. The second-order valence-corrected chi connectivity index (χ2v) is 15.4. The fourth-order valence-corrected chi connectivity index (χ4v) is 8.82. The van der Waals surface area contributed by atoms with Crippen LogP contribution in [0.25, 0.3) is 0 Å². The molecule has 6 rings (SSSR count). The van der Waals surface area contributed by atoms with Gasteiger partial charge in [-0.15, -0.1) is 0 Å². The van der Waals surface area contributed by atoms with Crippen molar-refractivity contribution in [2.24, 2.45) is 11.1 Å². The molecule has 0 bridgehead atoms. The summed E-state index contributed by atoms with van der Waals surface area (Å²) in [6, 6.07) is 17.3. The molecule has 3 aromatic carbocycles. The Morgan fingerprint density at radius 1 is 0.977 bits per heavy atom. The number of halogens is 2. The molecular formula is C28H20Br2N4O7S3. The van der Waals surface area contributed by atoms with Crippen LogP contribution in [0.2, 0.25) is 0 Å². The monoisotopic (exact) mass is 778 g/mol. The van der Waals surface area contributed by atoms with E-state index in [1.165, 1.54) is 29.2 Å². The van der Waals surface area contributed by atoms with E-state index in [4.69, 9.17) is 9.88 Å². The molecule has 0 spiro atoms. The number of carbonyl (C=O) groups excluding carboxylic acids is 3. The minimum Gasteiger partial charge on any atom is -0.483 e. The van der Waals surface area contributed by atoms with Crippen LogP contribution in [0.3, 0.4) is 0 Å². The molecule has 3 unspecified atom stereocenters. The van der Waals surface area contributed by atoms with Gasteiger partial charge in [-0.3, -0.25) is 19.2 Å². The maximum atomic E-state index is 14.0. The second kappa shape index (κ2) is 11.9. The zero-order chi connectivity index (χ0) is 31.3. The average Bonchev–Trinajstić information content (AvgIpc) is 3.46. The largest absolute Gasteiger partial charge is 0.483 e. The molecular weight excluding hydrogens is 760 g/mol. The lowest BCUT2D eigenvalue weighted by Gasteiger charge is -2.31. The molecule has 2 aliphatic rings. The van der Waals surface area contributed by atoms with Crippen molar-refractivity contribution in [2.45, 2.75) is 21.1 Å². The van der Waals surface area contributed by atoms with Gasteiger partial charge in [0.05, 0.1) is 21.5 Å². The number of ether oxygens (including phenoxy) is 1. The number of nitrogens with one attached hydrogen (secondary N) is 2. The summed E-state index contributed by atoms with van der Waals surface area (Å²) in [5.41, 5.74) is 1.29. The summed E-state index contributed by atoms with van der Waals surface area (Å²) in [6.45, 7) is -0.421. The first-order chi connectivity index (χ1) is 20.9. The van der Waals surface area contributed by atoms with Crippen LogP contribution in [-0.2, 0) is 24.4 Å². The highest BCUT2D eigenvalue weighted by Gasteiger charge is 2.56. The van der Waals surface area contributed by atoms with E-state index in [1.54, 1.807) is 42.5 Å². The number of imide groups is 1. The predicted molar refractivity (Wildman–Crippen MR) is 173 cm³/mol. The van der Waals surface area contributed by atoms with Gasteiger partial charge in [-0.2, -0.15) is 0 Å². The summed E-state index contributed by atoms with van der Waals surface area (Å²) in [5, 5.41) is 7.47. The third kappa shape index (κ3) is 5.89. The number of thioether (sulfide) groups is 1. The second-order valence-electron chi connectivity index (χ2n) is 9.83. The van der Waals surface area contributed by atoms with Gasteiger partial charge in [-0.25, -0.2) is 18.5 Å². The number of H-pyrrole nitrogens is 1. The summed E-state index contributed by atoms with van der Waals surface area (Å²) < 4.78 is 30.4. The highest BCUT2D eigenvalue weighted by Crippen LogP contribution is 2.54. The minimum atomic E-state index is -3.88. The standard InChI is InChI=1S/C28H20Br2N4O7S3/c29-13-1-6-16(7-2-13)34-26(36)22-21(23-25(33-28(38)43-23)42-24(22)27(34)37)18-11-14(30)3-10-19(18)41-12-20(35)32-15-4-8-17(9-5-15)44(31,39)40/h1-11,21-22,24H,12H2,(H,32,35)(H,33,38)(H2,31,39,40). The summed E-state index contributed by atoms with van der Waals surface area (Å²) >= 11 is 8.99. The number of benzene rings is 3. The number of sulfonamides is 1. The van der Waals surface area contributed by atoms with Gasteiger partial charge >= 0.3 is 4.87 Å². The molecule has 1 aromatic heterocycles. The molecule has 16 heteroatoms. The van der Waals surface area contributed by atoms with Gasteiger partial charge in [0, 0.05) is 31.0 Å². The highest BCUT2D eigenvalue weighted by atomic mass is 79.9. The summed E-state index contributed by atoms with van der Waals surface area (Å²) in [7, 11) is -3.88. The SMILES string of the molecule is NS(=O)(=O)c1ccc(NC(=O)COc2ccc(Br)cc2C2c3sc(=O)[nH]c3SC3C(=O)N(c4ccc(Br)cc4)C(=O)C32)cc1. The van der Waals surface area contributed by atoms with Crippen molar-refractivity contribution >= 4 is 94.1 Å². The maximum absolute atomic E-state index is 14.0. The molecule has 4 aromatic rings. The number of carbonyl (C=O) groups is 3. The van der Waals surface area contributed by atoms with Gasteiger partial charge in [-0.05, 0) is 66.7 Å². The number of aromatic amines is 1. The normalized spacial score (nSPS) is 19.4. The van der Waals surface area contributed by atoms with Crippen LogP contribution in [0.4, 0.5) is 11.4 Å². The molecule has 1 fully saturated rings. The molecule has 3 amide bonds. The van der Waals surface area contributed by atoms with Crippen LogP contribution in [0, 0.1) is 5.92 Å². The molecule has 4 N–H and O–H groups in total. The predicted octanol–water partition coefficient (Wildman–Crippen LogP) is 4.42. The van der Waals surface area contributed by atoms with Gasteiger partial charge in [-0.1, -0.05) is 55.0 Å². The Labute approximate surface area is 275 Å². The molecule has 0 radical (unpaired) electrons. The van der Waals surface area contributed by atoms with Crippen molar-refractivity contribution in [3.63, 3.8) is 0 Å². The number of hydrogen-bond acceptors (Lipinski definition) is 9. The Morgan fingerprint density at radius 3 is 2.34 bits per heavy atom. The third-order valence-corrected chi connectivity index (χ3v) is 11.4. The van der Waals surface area contributed by atoms with E-state index in [1.807, 2.05) is 0 Å². The lowest BCUT2D eigenvalue weighted by Crippen LogP contribution is -2.32. The number of hydrogen-bond donors (Lipinski definition) is 3. The number of fused-ring (bicyclic) bond motifs is 2. The number of anilines is 2. The molecule has 2 aliphatic heterocycles. The van der Waals surface area contributed by atoms with Crippen molar-refractivity contribution in [2.75, 3.05) is 16.8 Å². The van der Waals surface area contributed by atoms with E-state index in [-0.39, 0.29) is 21.4 Å². The van der Waals surface area contributed by atoms with E-state index in [0.29, 0.717) is 31.3 Å².